The van der Waals surface area contributed by atoms with E-state index in [2.05, 4.69) is 4.98 Å². The van der Waals surface area contributed by atoms with Crippen LogP contribution in [0.25, 0.3) is 0 Å². The molecular weight excluding hydrogens is 290 g/mol. The predicted molar refractivity (Wildman–Crippen MR) is 77.7 cm³/mol. The van der Waals surface area contributed by atoms with Crippen molar-refractivity contribution in [2.75, 3.05) is 13.1 Å². The summed E-state index contributed by atoms with van der Waals surface area (Å²) in [7, 11) is 0. The molecule has 8 nitrogen and oxygen atoms in total. The molecule has 1 unspecified atom stereocenters. The van der Waals surface area contributed by atoms with Crippen LogP contribution in [-0.4, -0.2) is 50.3 Å². The molecule has 2 rings (SSSR count). The molecule has 22 heavy (non-hydrogen) atoms. The molecule has 1 N–H and O–H groups in total. The van der Waals surface area contributed by atoms with E-state index >= 15 is 0 Å². The minimum atomic E-state index is -0.866. The first-order valence-electron chi connectivity index (χ1n) is 7.03. The maximum atomic E-state index is 11.7. The van der Waals surface area contributed by atoms with Gasteiger partial charge in [-0.3, -0.25) is 10.1 Å². The Morgan fingerprint density at radius 2 is 2.18 bits per heavy atom. The van der Waals surface area contributed by atoms with Gasteiger partial charge in [0.25, 0.3) is 5.69 Å². The van der Waals surface area contributed by atoms with E-state index in [1.54, 1.807) is 0 Å². The highest BCUT2D eigenvalue weighted by atomic mass is 16.6. The van der Waals surface area contributed by atoms with Crippen molar-refractivity contribution < 1.29 is 24.0 Å². The molecule has 2 heterocycles. The topological polar surface area (TPSA) is 103 Å². The molecule has 1 aliphatic heterocycles. The number of rotatable bonds is 3. The number of amides is 1. The minimum absolute atomic E-state index is 0.0648. The van der Waals surface area contributed by atoms with Crippen molar-refractivity contribution in [3.05, 3.63) is 28.4 Å². The Balaban J connectivity index is 2.10. The number of likely N-dealkylation sites (tertiary alicyclic amines) is 1. The monoisotopic (exact) mass is 310 g/mol. The van der Waals surface area contributed by atoms with Gasteiger partial charge in [-0.2, -0.15) is 4.79 Å². The summed E-state index contributed by atoms with van der Waals surface area (Å²) in [6.45, 7) is 6.52. The molecule has 1 aromatic rings. The van der Waals surface area contributed by atoms with Crippen LogP contribution in [0.5, 0.6) is 5.88 Å². The molecule has 1 aliphatic rings. The fourth-order valence-corrected chi connectivity index (χ4v) is 2.78. The second-order valence-electron chi connectivity index (χ2n) is 6.47. The van der Waals surface area contributed by atoms with Crippen LogP contribution < -0.4 is 4.74 Å². The Labute approximate surface area is 128 Å². The van der Waals surface area contributed by atoms with Gasteiger partial charge in [-0.15, -0.1) is 0 Å². The molecule has 1 amide bonds. The molecule has 1 fully saturated rings. The van der Waals surface area contributed by atoms with Crippen LogP contribution >= 0.6 is 0 Å². The zero-order valence-electron chi connectivity index (χ0n) is 12.9. The van der Waals surface area contributed by atoms with Gasteiger partial charge in [0, 0.05) is 18.6 Å². The molecule has 8 heteroatoms. The second kappa shape index (κ2) is 5.53. The molecule has 0 radical (unpaired) electrons. The fourth-order valence-electron chi connectivity index (χ4n) is 2.78. The van der Waals surface area contributed by atoms with Crippen LogP contribution in [0, 0.1) is 10.1 Å². The van der Waals surface area contributed by atoms with Crippen molar-refractivity contribution in [3.63, 3.8) is 0 Å². The van der Waals surface area contributed by atoms with E-state index in [1.807, 2.05) is 20.8 Å². The molecule has 0 aromatic carbocycles. The zero-order chi connectivity index (χ0) is 16.5. The van der Waals surface area contributed by atoms with Gasteiger partial charge in [0.1, 0.15) is 18.3 Å². The first-order chi connectivity index (χ1) is 10.2. The number of hydrogen-bond acceptors (Lipinski definition) is 5. The highest BCUT2D eigenvalue weighted by Gasteiger charge is 2.53. The SMILES string of the molecule is CC(C)(C)[N+]1(C(=O)O)CC[C@H](Oc2ccc([N+](=O)[O-])cn2)C1. The standard InChI is InChI=1S/C14H19N3O5/c1-14(2,3)17(13(18)19)7-6-11(9-17)22-12-5-4-10(8-15-12)16(20)21/h4-5,8,11H,6-7,9H2,1-3H3/p+1/t11-,17?/m0/s1. The van der Waals surface area contributed by atoms with Crippen molar-refractivity contribution >= 4 is 11.8 Å². The van der Waals surface area contributed by atoms with Crippen LogP contribution in [0.2, 0.25) is 0 Å². The number of nitro groups is 1. The first kappa shape index (κ1) is 16.2. The van der Waals surface area contributed by atoms with Crippen molar-refractivity contribution in [3.8, 4) is 5.88 Å². The van der Waals surface area contributed by atoms with Crippen molar-refractivity contribution in [2.24, 2.45) is 0 Å². The largest absolute Gasteiger partial charge is 0.514 e. The van der Waals surface area contributed by atoms with Crippen LogP contribution in [0.4, 0.5) is 10.5 Å². The number of pyridine rings is 1. The van der Waals surface area contributed by atoms with Gasteiger partial charge in [-0.05, 0) is 20.8 Å². The Kier molecular flexibility index (Phi) is 4.06. The third-order valence-corrected chi connectivity index (χ3v) is 4.22. The maximum Gasteiger partial charge on any atom is 0.514 e. The van der Waals surface area contributed by atoms with E-state index in [0.29, 0.717) is 19.5 Å². The Bertz CT molecular complexity index is 581. The number of nitrogens with zero attached hydrogens (tertiary/aromatic N) is 3. The lowest BCUT2D eigenvalue weighted by atomic mass is 10.0. The molecule has 1 saturated heterocycles. The summed E-state index contributed by atoms with van der Waals surface area (Å²) in [5, 5.41) is 20.2. The molecule has 0 spiro atoms. The van der Waals surface area contributed by atoms with Gasteiger partial charge < -0.3 is 9.84 Å². The van der Waals surface area contributed by atoms with Crippen LogP contribution in [0.3, 0.4) is 0 Å². The third kappa shape index (κ3) is 2.87. The Hall–Kier alpha value is -2.22. The number of aromatic nitrogens is 1. The van der Waals surface area contributed by atoms with E-state index in [-0.39, 0.29) is 22.2 Å². The van der Waals surface area contributed by atoms with Crippen LogP contribution in [0.15, 0.2) is 18.3 Å². The molecule has 120 valence electrons. The van der Waals surface area contributed by atoms with Gasteiger partial charge in [-0.25, -0.2) is 9.47 Å². The van der Waals surface area contributed by atoms with Crippen molar-refractivity contribution in [2.45, 2.75) is 38.8 Å². The normalized spacial score (nSPS) is 25.0. The quantitative estimate of drug-likeness (QED) is 0.522. The van der Waals surface area contributed by atoms with Crippen LogP contribution in [0.1, 0.15) is 27.2 Å². The third-order valence-electron chi connectivity index (χ3n) is 4.22. The summed E-state index contributed by atoms with van der Waals surface area (Å²) in [6.07, 6.45) is 0.592. The van der Waals surface area contributed by atoms with E-state index in [9.17, 15) is 20.0 Å². The van der Waals surface area contributed by atoms with E-state index in [0.717, 1.165) is 6.20 Å². The van der Waals surface area contributed by atoms with E-state index in [1.165, 1.54) is 12.1 Å². The van der Waals surface area contributed by atoms with Gasteiger partial charge in [0.15, 0.2) is 6.10 Å². The summed E-state index contributed by atoms with van der Waals surface area (Å²) in [4.78, 5) is 25.7. The van der Waals surface area contributed by atoms with Gasteiger partial charge in [0.05, 0.1) is 11.5 Å². The summed E-state index contributed by atoms with van der Waals surface area (Å²) < 4.78 is 5.63. The predicted octanol–water partition coefficient (Wildman–Crippen LogP) is 2.43. The zero-order valence-corrected chi connectivity index (χ0v) is 12.9. The molecule has 2 atom stereocenters. The summed E-state index contributed by atoms with van der Waals surface area (Å²) >= 11 is 0. The lowest BCUT2D eigenvalue weighted by Crippen LogP contribution is -2.62. The van der Waals surface area contributed by atoms with Crippen molar-refractivity contribution in [1.29, 1.82) is 0 Å². The molecule has 0 bridgehead atoms. The number of ether oxygens (including phenoxy) is 1. The molecular formula is C14H20N3O5+. The number of carbonyl (C=O) groups is 1. The number of carboxylic acid groups (broad SMARTS) is 1. The van der Waals surface area contributed by atoms with Gasteiger partial charge >= 0.3 is 6.09 Å². The lowest BCUT2D eigenvalue weighted by molar-refractivity contribution is -0.893. The fraction of sp³-hybridized carbons (Fsp3) is 0.571. The second-order valence-corrected chi connectivity index (χ2v) is 6.47. The van der Waals surface area contributed by atoms with Crippen LogP contribution in [-0.2, 0) is 0 Å². The summed E-state index contributed by atoms with van der Waals surface area (Å²) in [5.74, 6) is 0.273. The number of hydrogen-bond donors (Lipinski definition) is 1. The highest BCUT2D eigenvalue weighted by molar-refractivity contribution is 5.57. The highest BCUT2D eigenvalue weighted by Crippen LogP contribution is 2.33. The molecule has 0 saturated carbocycles. The summed E-state index contributed by atoms with van der Waals surface area (Å²) in [5.41, 5.74) is -0.545. The summed E-state index contributed by atoms with van der Waals surface area (Å²) in [6, 6.07) is 2.75. The molecule has 0 aliphatic carbocycles. The number of quaternary nitrogens is 1. The average Bonchev–Trinajstić information content (AvgIpc) is 2.84. The van der Waals surface area contributed by atoms with Gasteiger partial charge in [-0.1, -0.05) is 0 Å². The average molecular weight is 310 g/mol. The smallest absolute Gasteiger partial charge is 0.468 e. The minimum Gasteiger partial charge on any atom is -0.468 e. The molecule has 1 aromatic heterocycles. The lowest BCUT2D eigenvalue weighted by Gasteiger charge is -2.40. The Morgan fingerprint density at radius 1 is 1.50 bits per heavy atom. The Morgan fingerprint density at radius 3 is 2.59 bits per heavy atom. The van der Waals surface area contributed by atoms with Gasteiger partial charge in [0.2, 0.25) is 5.88 Å². The van der Waals surface area contributed by atoms with E-state index in [4.69, 9.17) is 4.74 Å². The maximum absolute atomic E-state index is 11.7. The first-order valence-corrected chi connectivity index (χ1v) is 7.03. The van der Waals surface area contributed by atoms with Crippen molar-refractivity contribution in [1.82, 2.24) is 4.98 Å². The van der Waals surface area contributed by atoms with E-state index < -0.39 is 16.6 Å².